The monoisotopic (exact) mass is 277 g/mol. The number of esters is 1. The summed E-state index contributed by atoms with van der Waals surface area (Å²) in [6.07, 6.45) is 0.200. The Morgan fingerprint density at radius 1 is 1.33 bits per heavy atom. The predicted molar refractivity (Wildman–Crippen MR) is 64.0 cm³/mol. The highest BCUT2D eigenvalue weighted by atomic mass is 32.2. The summed E-state index contributed by atoms with van der Waals surface area (Å²) in [4.78, 5) is 43.2. The highest BCUT2D eigenvalue weighted by Gasteiger charge is 2.26. The Morgan fingerprint density at radius 2 is 1.94 bits per heavy atom. The lowest BCUT2D eigenvalue weighted by Crippen LogP contribution is -2.26. The van der Waals surface area contributed by atoms with Gasteiger partial charge in [-0.1, -0.05) is 0 Å². The second kappa shape index (κ2) is 8.51. The van der Waals surface area contributed by atoms with E-state index in [0.29, 0.717) is 12.2 Å². The van der Waals surface area contributed by atoms with Crippen molar-refractivity contribution in [1.29, 1.82) is 0 Å². The molecule has 7 nitrogen and oxygen atoms in total. The summed E-state index contributed by atoms with van der Waals surface area (Å²) in [5.41, 5.74) is 4.94. The second-order valence-corrected chi connectivity index (χ2v) is 4.70. The third-order valence-corrected chi connectivity index (χ3v) is 3.25. The molecule has 0 heterocycles. The van der Waals surface area contributed by atoms with Crippen LogP contribution in [0.5, 0.6) is 0 Å². The van der Waals surface area contributed by atoms with Crippen molar-refractivity contribution in [3.63, 3.8) is 0 Å². The van der Waals surface area contributed by atoms with E-state index in [1.807, 2.05) is 0 Å². The van der Waals surface area contributed by atoms with E-state index >= 15 is 0 Å². The normalized spacial score (nSPS) is 11.6. The van der Waals surface area contributed by atoms with Gasteiger partial charge in [0.05, 0.1) is 7.11 Å². The minimum Gasteiger partial charge on any atom is -0.476 e. The quantitative estimate of drug-likeness (QED) is 0.333. The zero-order valence-corrected chi connectivity index (χ0v) is 10.7. The van der Waals surface area contributed by atoms with E-state index in [4.69, 9.17) is 10.8 Å². The first kappa shape index (κ1) is 16.4. The van der Waals surface area contributed by atoms with Gasteiger partial charge in [0.1, 0.15) is 5.25 Å². The van der Waals surface area contributed by atoms with Crippen LogP contribution in [0, 0.1) is 0 Å². The number of ketones is 1. The van der Waals surface area contributed by atoms with Crippen LogP contribution in [0.3, 0.4) is 0 Å². The molecule has 0 saturated carbocycles. The number of aliphatic carboxylic acids is 1. The maximum absolute atomic E-state index is 11.3. The van der Waals surface area contributed by atoms with E-state index < -0.39 is 35.3 Å². The van der Waals surface area contributed by atoms with Crippen LogP contribution in [-0.2, 0) is 23.9 Å². The van der Waals surface area contributed by atoms with Crippen molar-refractivity contribution in [2.45, 2.75) is 24.5 Å². The summed E-state index contributed by atoms with van der Waals surface area (Å²) in [6.45, 7) is 0. The number of ether oxygens (including phenoxy) is 1. The van der Waals surface area contributed by atoms with Crippen LogP contribution < -0.4 is 5.73 Å². The summed E-state index contributed by atoms with van der Waals surface area (Å²) in [6, 6.07) is 0. The maximum Gasteiger partial charge on any atom is 0.372 e. The van der Waals surface area contributed by atoms with Crippen molar-refractivity contribution in [2.24, 2.45) is 5.73 Å². The molecule has 1 unspecified atom stereocenters. The van der Waals surface area contributed by atoms with E-state index in [9.17, 15) is 19.2 Å². The van der Waals surface area contributed by atoms with Crippen molar-refractivity contribution in [2.75, 3.05) is 12.9 Å². The van der Waals surface area contributed by atoms with Crippen molar-refractivity contribution in [1.82, 2.24) is 0 Å². The minimum atomic E-state index is -1.58. The number of carboxylic acids is 1. The Kier molecular flexibility index (Phi) is 7.77. The van der Waals surface area contributed by atoms with Gasteiger partial charge in [0.2, 0.25) is 11.7 Å². The Hall–Kier alpha value is -1.57. The summed E-state index contributed by atoms with van der Waals surface area (Å²) in [7, 11) is 1.16. The van der Waals surface area contributed by atoms with Gasteiger partial charge in [-0.25, -0.2) is 4.79 Å². The molecule has 18 heavy (non-hydrogen) atoms. The molecule has 0 aromatic carbocycles. The van der Waals surface area contributed by atoms with Crippen LogP contribution in [-0.4, -0.2) is 46.8 Å². The number of carbonyl (C=O) groups excluding carboxylic acids is 3. The minimum absolute atomic E-state index is 0.174. The number of thioether (sulfide) groups is 1. The standard InChI is InChI=1S/C10H15NO6S/c1-17-10(16)7(5-6(12)9(14)15)18-4-2-3-8(11)13/h7H,2-5H2,1H3,(H2,11,13)(H,14,15). The van der Waals surface area contributed by atoms with Gasteiger partial charge >= 0.3 is 11.9 Å². The topological polar surface area (TPSA) is 124 Å². The van der Waals surface area contributed by atoms with Gasteiger partial charge in [-0.05, 0) is 12.2 Å². The van der Waals surface area contributed by atoms with Crippen molar-refractivity contribution < 1.29 is 29.0 Å². The van der Waals surface area contributed by atoms with Gasteiger partial charge < -0.3 is 15.6 Å². The summed E-state index contributed by atoms with van der Waals surface area (Å²) < 4.78 is 4.47. The molecule has 0 spiro atoms. The van der Waals surface area contributed by atoms with Crippen molar-refractivity contribution >= 4 is 35.4 Å². The molecule has 0 aliphatic rings. The van der Waals surface area contributed by atoms with E-state index in [1.54, 1.807) is 0 Å². The smallest absolute Gasteiger partial charge is 0.372 e. The summed E-state index contributed by atoms with van der Waals surface area (Å²) in [5.74, 6) is -3.33. The molecule has 0 fully saturated rings. The van der Waals surface area contributed by atoms with E-state index in [2.05, 4.69) is 4.74 Å². The van der Waals surface area contributed by atoms with Crippen LogP contribution in [0.4, 0.5) is 0 Å². The number of rotatable bonds is 9. The summed E-state index contributed by atoms with van der Waals surface area (Å²) >= 11 is 1.08. The molecule has 0 aromatic heterocycles. The zero-order valence-electron chi connectivity index (χ0n) is 9.88. The molecule has 0 aliphatic carbocycles. The number of hydrogen-bond acceptors (Lipinski definition) is 6. The molecule has 102 valence electrons. The molecule has 0 saturated heterocycles. The Balaban J connectivity index is 4.24. The number of carboxylic acid groups (broad SMARTS) is 1. The molecule has 0 bridgehead atoms. The maximum atomic E-state index is 11.3. The Bertz CT molecular complexity index is 343. The molecule has 0 radical (unpaired) electrons. The molecule has 0 aliphatic heterocycles. The number of Topliss-reactive ketones (excluding diaryl/α,β-unsaturated/α-hetero) is 1. The molecule has 1 amide bonds. The number of methoxy groups -OCH3 is 1. The molecule has 0 rings (SSSR count). The number of hydrogen-bond donors (Lipinski definition) is 2. The van der Waals surface area contributed by atoms with Gasteiger partial charge in [0, 0.05) is 12.8 Å². The lowest BCUT2D eigenvalue weighted by atomic mass is 10.2. The fourth-order valence-electron chi connectivity index (χ4n) is 1.07. The molecular formula is C10H15NO6S. The van der Waals surface area contributed by atoms with E-state index in [1.165, 1.54) is 0 Å². The van der Waals surface area contributed by atoms with Gasteiger partial charge in [-0.3, -0.25) is 14.4 Å². The van der Waals surface area contributed by atoms with E-state index in [-0.39, 0.29) is 6.42 Å². The Labute approximate surface area is 108 Å². The number of nitrogens with two attached hydrogens (primary N) is 1. The van der Waals surface area contributed by atoms with E-state index in [0.717, 1.165) is 18.9 Å². The molecule has 0 aromatic rings. The van der Waals surface area contributed by atoms with Crippen LogP contribution in [0.2, 0.25) is 0 Å². The van der Waals surface area contributed by atoms with Crippen molar-refractivity contribution in [3.05, 3.63) is 0 Å². The molecule has 1 atom stereocenters. The van der Waals surface area contributed by atoms with Crippen molar-refractivity contribution in [3.8, 4) is 0 Å². The number of amides is 1. The first-order chi connectivity index (χ1) is 8.38. The molecule has 3 N–H and O–H groups in total. The first-order valence-electron chi connectivity index (χ1n) is 5.12. The van der Waals surface area contributed by atoms with Crippen LogP contribution in [0.1, 0.15) is 19.3 Å². The highest BCUT2D eigenvalue weighted by Crippen LogP contribution is 2.18. The SMILES string of the molecule is COC(=O)C(CC(=O)C(=O)O)SCCCC(N)=O. The van der Waals surface area contributed by atoms with Gasteiger partial charge in [0.25, 0.3) is 0 Å². The fraction of sp³-hybridized carbons (Fsp3) is 0.600. The van der Waals surface area contributed by atoms with Crippen LogP contribution >= 0.6 is 11.8 Å². The van der Waals surface area contributed by atoms with Crippen LogP contribution in [0.25, 0.3) is 0 Å². The molecule has 8 heteroatoms. The highest BCUT2D eigenvalue weighted by molar-refractivity contribution is 8.00. The average molecular weight is 277 g/mol. The molecular weight excluding hydrogens is 262 g/mol. The zero-order chi connectivity index (χ0) is 14.1. The second-order valence-electron chi connectivity index (χ2n) is 3.38. The lowest BCUT2D eigenvalue weighted by Gasteiger charge is -2.12. The number of carbonyl (C=O) groups is 4. The largest absolute Gasteiger partial charge is 0.476 e. The first-order valence-corrected chi connectivity index (χ1v) is 6.17. The number of primary amides is 1. The van der Waals surface area contributed by atoms with Crippen LogP contribution in [0.15, 0.2) is 0 Å². The van der Waals surface area contributed by atoms with Gasteiger partial charge in [0.15, 0.2) is 0 Å². The summed E-state index contributed by atoms with van der Waals surface area (Å²) in [5, 5.41) is 7.59. The van der Waals surface area contributed by atoms with Gasteiger partial charge in [-0.15, -0.1) is 11.8 Å². The lowest BCUT2D eigenvalue weighted by molar-refractivity contribution is -0.150. The Morgan fingerprint density at radius 3 is 2.39 bits per heavy atom. The average Bonchev–Trinajstić information content (AvgIpc) is 2.31. The fourth-order valence-corrected chi connectivity index (χ4v) is 2.17. The third-order valence-electron chi connectivity index (χ3n) is 1.96. The van der Waals surface area contributed by atoms with Gasteiger partial charge in [-0.2, -0.15) is 0 Å². The third kappa shape index (κ3) is 6.89. The predicted octanol–water partition coefficient (Wildman–Crippen LogP) is -0.429.